The first kappa shape index (κ1) is 29.1. The molecule has 0 aromatic heterocycles. The molecule has 3 aromatic carbocycles. The normalized spacial score (nSPS) is 10.6. The third-order valence-corrected chi connectivity index (χ3v) is 6.31. The van der Waals surface area contributed by atoms with Gasteiger partial charge >= 0.3 is 5.97 Å². The summed E-state index contributed by atoms with van der Waals surface area (Å²) in [6.45, 7) is 6.80. The summed E-state index contributed by atoms with van der Waals surface area (Å²) in [5.74, 6) is 2.18. The minimum absolute atomic E-state index is 0.107. The molecular formula is C32H36O5S. The molecule has 0 aliphatic heterocycles. The number of ketones is 1. The number of hydrogen-bond donors (Lipinski definition) is 1. The fourth-order valence-corrected chi connectivity index (χ4v) is 4.01. The molecule has 3 aromatic rings. The number of unbranched alkanes of at least 4 members (excludes halogenated alkanes) is 4. The van der Waals surface area contributed by atoms with Gasteiger partial charge in [-0.15, -0.1) is 6.58 Å². The summed E-state index contributed by atoms with van der Waals surface area (Å²) in [7, 11) is 0. The van der Waals surface area contributed by atoms with Crippen molar-refractivity contribution < 1.29 is 23.8 Å². The molecule has 6 heteroatoms. The highest BCUT2D eigenvalue weighted by Gasteiger charge is 2.14. The van der Waals surface area contributed by atoms with E-state index in [1.807, 2.05) is 25.1 Å². The van der Waals surface area contributed by atoms with Crippen LogP contribution < -0.4 is 14.2 Å². The zero-order valence-corrected chi connectivity index (χ0v) is 22.9. The van der Waals surface area contributed by atoms with Gasteiger partial charge in [-0.1, -0.05) is 6.08 Å². The van der Waals surface area contributed by atoms with Crippen molar-refractivity contribution in [1.82, 2.24) is 0 Å². The van der Waals surface area contributed by atoms with Crippen LogP contribution in [-0.2, 0) is 0 Å². The number of hydrogen-bond acceptors (Lipinski definition) is 6. The molecule has 0 unspecified atom stereocenters. The first-order valence-electron chi connectivity index (χ1n) is 13.1. The van der Waals surface area contributed by atoms with Gasteiger partial charge in [0.15, 0.2) is 5.78 Å². The highest BCUT2D eigenvalue weighted by atomic mass is 32.1. The maximum atomic E-state index is 13.0. The van der Waals surface area contributed by atoms with Gasteiger partial charge in [0.25, 0.3) is 0 Å². The third-order valence-electron chi connectivity index (χ3n) is 5.99. The molecule has 3 rings (SSSR count). The van der Waals surface area contributed by atoms with Crippen molar-refractivity contribution in [1.29, 1.82) is 0 Å². The fraction of sp³-hybridized carbons (Fsp3) is 0.312. The maximum Gasteiger partial charge on any atom is 0.343 e. The number of aryl methyl sites for hydroxylation is 1. The van der Waals surface area contributed by atoms with Crippen molar-refractivity contribution in [3.05, 3.63) is 102 Å². The van der Waals surface area contributed by atoms with Crippen molar-refractivity contribution in [2.24, 2.45) is 0 Å². The van der Waals surface area contributed by atoms with E-state index in [0.29, 0.717) is 41.2 Å². The van der Waals surface area contributed by atoms with Crippen molar-refractivity contribution >= 4 is 24.4 Å². The summed E-state index contributed by atoms with van der Waals surface area (Å²) >= 11 is 4.21. The second-order valence-corrected chi connectivity index (χ2v) is 9.46. The van der Waals surface area contributed by atoms with E-state index < -0.39 is 5.97 Å². The van der Waals surface area contributed by atoms with Crippen LogP contribution in [0.15, 0.2) is 79.4 Å². The number of benzene rings is 3. The van der Waals surface area contributed by atoms with E-state index in [9.17, 15) is 9.59 Å². The lowest BCUT2D eigenvalue weighted by Gasteiger charge is -2.10. The summed E-state index contributed by atoms with van der Waals surface area (Å²) in [6.07, 6.45) is 8.01. The van der Waals surface area contributed by atoms with Crippen LogP contribution in [0, 0.1) is 6.92 Å². The molecule has 0 heterocycles. The predicted molar refractivity (Wildman–Crippen MR) is 155 cm³/mol. The number of esters is 1. The van der Waals surface area contributed by atoms with Gasteiger partial charge in [-0.2, -0.15) is 12.6 Å². The lowest BCUT2D eigenvalue weighted by atomic mass is 10.0. The van der Waals surface area contributed by atoms with E-state index in [2.05, 4.69) is 19.2 Å². The predicted octanol–water partition coefficient (Wildman–Crippen LogP) is 7.66. The Kier molecular flexibility index (Phi) is 12.0. The average molecular weight is 533 g/mol. The van der Waals surface area contributed by atoms with E-state index in [-0.39, 0.29) is 5.78 Å². The summed E-state index contributed by atoms with van der Waals surface area (Å²) < 4.78 is 17.0. The van der Waals surface area contributed by atoms with Crippen LogP contribution in [-0.4, -0.2) is 30.7 Å². The van der Waals surface area contributed by atoms with Crippen LogP contribution in [0.4, 0.5) is 0 Å². The number of ether oxygens (including phenoxy) is 3. The molecule has 0 atom stereocenters. The van der Waals surface area contributed by atoms with E-state index >= 15 is 0 Å². The molecule has 0 radical (unpaired) electrons. The molecule has 0 fully saturated rings. The second-order valence-electron chi connectivity index (χ2n) is 9.01. The number of carbonyl (C=O) groups is 2. The minimum atomic E-state index is -0.465. The molecule has 0 saturated heterocycles. The molecule has 0 saturated carbocycles. The first-order chi connectivity index (χ1) is 18.5. The molecule has 0 bridgehead atoms. The lowest BCUT2D eigenvalue weighted by Crippen LogP contribution is -2.10. The molecule has 0 spiro atoms. The number of carbonyl (C=O) groups excluding carboxylic acids is 2. The zero-order chi connectivity index (χ0) is 27.2. The Balaban J connectivity index is 1.53. The number of rotatable bonds is 16. The van der Waals surface area contributed by atoms with Gasteiger partial charge in [-0.05, 0) is 123 Å². The van der Waals surface area contributed by atoms with E-state index in [4.69, 9.17) is 14.2 Å². The fourth-order valence-electron chi connectivity index (χ4n) is 3.78. The Morgan fingerprint density at radius 3 is 1.92 bits per heavy atom. The van der Waals surface area contributed by atoms with Crippen LogP contribution in [0.2, 0.25) is 0 Å². The summed E-state index contributed by atoms with van der Waals surface area (Å²) in [6, 6.07) is 19.1. The Hall–Kier alpha value is -3.51. The van der Waals surface area contributed by atoms with Gasteiger partial charge in [-0.25, -0.2) is 4.79 Å². The largest absolute Gasteiger partial charge is 0.494 e. The molecular weight excluding hydrogens is 496 g/mol. The lowest BCUT2D eigenvalue weighted by molar-refractivity contribution is 0.0733. The van der Waals surface area contributed by atoms with Gasteiger partial charge in [0.05, 0.1) is 18.8 Å². The number of allylic oxidation sites excluding steroid dienone is 1. The standard InChI is InChI=1S/C32H36O5S/c1-3-4-5-7-20-35-28-15-10-25(11-16-28)31(33)27-14-19-30(24(2)23-27)37-32(34)26-12-17-29(18-13-26)36-21-8-6-9-22-38/h3,10-19,23,38H,1,4-9,20-22H2,2H3. The van der Waals surface area contributed by atoms with Gasteiger partial charge < -0.3 is 14.2 Å². The quantitative estimate of drug-likeness (QED) is 0.0512. The molecule has 0 aliphatic carbocycles. The SMILES string of the molecule is C=CCCCCOc1ccc(C(=O)c2ccc(OC(=O)c3ccc(OCCCCCS)cc3)c(C)c2)cc1. The monoisotopic (exact) mass is 532 g/mol. The zero-order valence-electron chi connectivity index (χ0n) is 22.0. The molecule has 0 aliphatic rings. The Morgan fingerprint density at radius 2 is 1.34 bits per heavy atom. The maximum absolute atomic E-state index is 13.0. The van der Waals surface area contributed by atoms with Gasteiger partial charge in [0, 0.05) is 11.1 Å². The molecule has 38 heavy (non-hydrogen) atoms. The van der Waals surface area contributed by atoms with Crippen molar-refractivity contribution in [3.8, 4) is 17.2 Å². The summed E-state index contributed by atoms with van der Waals surface area (Å²) in [5.41, 5.74) is 2.22. The second kappa shape index (κ2) is 15.7. The van der Waals surface area contributed by atoms with Crippen molar-refractivity contribution in [2.75, 3.05) is 19.0 Å². The number of thiol groups is 1. The van der Waals surface area contributed by atoms with Crippen LogP contribution in [0.25, 0.3) is 0 Å². The third kappa shape index (κ3) is 9.10. The molecule has 200 valence electrons. The highest BCUT2D eigenvalue weighted by Crippen LogP contribution is 2.24. The van der Waals surface area contributed by atoms with Crippen LogP contribution >= 0.6 is 12.6 Å². The van der Waals surface area contributed by atoms with Crippen LogP contribution in [0.3, 0.4) is 0 Å². The van der Waals surface area contributed by atoms with Gasteiger partial charge in [0.2, 0.25) is 0 Å². The first-order valence-corrected chi connectivity index (χ1v) is 13.7. The van der Waals surface area contributed by atoms with E-state index in [0.717, 1.165) is 55.8 Å². The summed E-state index contributed by atoms with van der Waals surface area (Å²) in [5, 5.41) is 0. The van der Waals surface area contributed by atoms with Crippen molar-refractivity contribution in [2.45, 2.75) is 45.4 Å². The molecule has 0 amide bonds. The van der Waals surface area contributed by atoms with Gasteiger partial charge in [0.1, 0.15) is 17.2 Å². The Labute approximate surface area is 231 Å². The summed E-state index contributed by atoms with van der Waals surface area (Å²) in [4.78, 5) is 25.6. The van der Waals surface area contributed by atoms with Crippen LogP contribution in [0.5, 0.6) is 17.2 Å². The topological polar surface area (TPSA) is 61.8 Å². The molecule has 0 N–H and O–H groups in total. The Bertz CT molecular complexity index is 1190. The van der Waals surface area contributed by atoms with Crippen LogP contribution in [0.1, 0.15) is 70.4 Å². The van der Waals surface area contributed by atoms with Crippen molar-refractivity contribution in [3.63, 3.8) is 0 Å². The smallest absolute Gasteiger partial charge is 0.343 e. The minimum Gasteiger partial charge on any atom is -0.494 e. The molecule has 5 nitrogen and oxygen atoms in total. The van der Waals surface area contributed by atoms with E-state index in [1.165, 1.54) is 0 Å². The highest BCUT2D eigenvalue weighted by molar-refractivity contribution is 7.80. The van der Waals surface area contributed by atoms with Gasteiger partial charge in [-0.3, -0.25) is 4.79 Å². The Morgan fingerprint density at radius 1 is 0.763 bits per heavy atom. The van der Waals surface area contributed by atoms with E-state index in [1.54, 1.807) is 54.6 Å². The average Bonchev–Trinajstić information content (AvgIpc) is 2.94.